The van der Waals surface area contributed by atoms with E-state index in [2.05, 4.69) is 29.2 Å². The highest BCUT2D eigenvalue weighted by molar-refractivity contribution is 5.44. The molecule has 4 nitrogen and oxygen atoms in total. The van der Waals surface area contributed by atoms with Gasteiger partial charge in [-0.1, -0.05) is 19.9 Å². The number of fused-ring (bicyclic) bond motifs is 1. The lowest BCUT2D eigenvalue weighted by Crippen LogP contribution is -2.08. The molecule has 90 valence electrons. The molecule has 2 heterocycles. The molecule has 0 amide bonds. The van der Waals surface area contributed by atoms with Crippen molar-refractivity contribution in [2.45, 2.75) is 27.2 Å². The van der Waals surface area contributed by atoms with Crippen LogP contribution in [-0.2, 0) is 0 Å². The lowest BCUT2D eigenvalue weighted by Gasteiger charge is -2.03. The summed E-state index contributed by atoms with van der Waals surface area (Å²) in [6.45, 7) is 7.62. The predicted molar refractivity (Wildman–Crippen MR) is 68.1 cm³/mol. The van der Waals surface area contributed by atoms with Crippen LogP contribution >= 0.6 is 0 Å². The number of hydrogen-bond donors (Lipinski definition) is 1. The van der Waals surface area contributed by atoms with Gasteiger partial charge in [0, 0.05) is 12.2 Å². The summed E-state index contributed by atoms with van der Waals surface area (Å²) < 4.78 is 1.88. The third kappa shape index (κ3) is 1.88. The molecule has 2 aromatic rings. The Kier molecular flexibility index (Phi) is 2.15. The molecule has 2 aromatic heterocycles. The van der Waals surface area contributed by atoms with Gasteiger partial charge in [0.05, 0.1) is 0 Å². The summed E-state index contributed by atoms with van der Waals surface area (Å²) >= 11 is 0. The lowest BCUT2D eigenvalue weighted by atomic mass is 10.1. The maximum Gasteiger partial charge on any atom is 0.243 e. The van der Waals surface area contributed by atoms with Crippen LogP contribution in [0.5, 0.6) is 0 Å². The molecule has 0 aliphatic heterocycles. The van der Waals surface area contributed by atoms with Crippen molar-refractivity contribution >= 4 is 11.6 Å². The van der Waals surface area contributed by atoms with E-state index >= 15 is 0 Å². The Morgan fingerprint density at radius 3 is 2.88 bits per heavy atom. The Hall–Kier alpha value is -1.58. The van der Waals surface area contributed by atoms with Crippen LogP contribution in [0.4, 0.5) is 5.95 Å². The van der Waals surface area contributed by atoms with Crippen molar-refractivity contribution in [3.63, 3.8) is 0 Å². The van der Waals surface area contributed by atoms with Crippen molar-refractivity contribution in [2.24, 2.45) is 11.3 Å². The predicted octanol–water partition coefficient (Wildman–Crippen LogP) is 2.50. The molecular formula is C13H18N4. The zero-order valence-corrected chi connectivity index (χ0v) is 10.6. The van der Waals surface area contributed by atoms with Gasteiger partial charge in [0.25, 0.3) is 0 Å². The molecule has 0 spiro atoms. The second kappa shape index (κ2) is 3.45. The zero-order chi connectivity index (χ0) is 12.0. The standard InChI is InChI=1S/C13H18N4/c1-9-5-4-6-11-15-12(16-17(9)11)14-8-10-7-13(10,2)3/h4-6,10H,7-8H2,1-3H3,(H,14,16). The van der Waals surface area contributed by atoms with E-state index in [4.69, 9.17) is 0 Å². The van der Waals surface area contributed by atoms with Crippen molar-refractivity contribution < 1.29 is 0 Å². The van der Waals surface area contributed by atoms with Crippen LogP contribution in [0.25, 0.3) is 5.65 Å². The van der Waals surface area contributed by atoms with E-state index in [0.29, 0.717) is 5.41 Å². The van der Waals surface area contributed by atoms with Crippen LogP contribution in [-0.4, -0.2) is 21.1 Å². The molecule has 1 saturated carbocycles. The highest BCUT2D eigenvalue weighted by atomic mass is 15.3. The second-order valence-electron chi connectivity index (χ2n) is 5.64. The van der Waals surface area contributed by atoms with Gasteiger partial charge in [-0.2, -0.15) is 4.98 Å². The molecule has 0 aromatic carbocycles. The summed E-state index contributed by atoms with van der Waals surface area (Å²) in [5.41, 5.74) is 2.51. The monoisotopic (exact) mass is 230 g/mol. The normalized spacial score (nSPS) is 21.7. The molecule has 1 N–H and O–H groups in total. The molecular weight excluding hydrogens is 212 g/mol. The van der Waals surface area contributed by atoms with Crippen molar-refractivity contribution in [1.82, 2.24) is 14.6 Å². The Morgan fingerprint density at radius 2 is 2.24 bits per heavy atom. The Bertz CT molecular complexity index is 556. The fourth-order valence-electron chi connectivity index (χ4n) is 2.25. The van der Waals surface area contributed by atoms with Crippen LogP contribution in [0, 0.1) is 18.3 Å². The molecule has 1 unspecified atom stereocenters. The number of nitrogens with one attached hydrogen (secondary N) is 1. The van der Waals surface area contributed by atoms with Crippen LogP contribution in [0.15, 0.2) is 18.2 Å². The number of aromatic nitrogens is 3. The van der Waals surface area contributed by atoms with Crippen molar-refractivity contribution in [3.8, 4) is 0 Å². The van der Waals surface area contributed by atoms with Crippen molar-refractivity contribution in [3.05, 3.63) is 23.9 Å². The van der Waals surface area contributed by atoms with Gasteiger partial charge in [-0.25, -0.2) is 4.52 Å². The summed E-state index contributed by atoms with van der Waals surface area (Å²) in [5, 5.41) is 7.79. The van der Waals surface area contributed by atoms with Crippen LogP contribution in [0.2, 0.25) is 0 Å². The van der Waals surface area contributed by atoms with Gasteiger partial charge in [-0.3, -0.25) is 0 Å². The topological polar surface area (TPSA) is 42.2 Å². The van der Waals surface area contributed by atoms with Gasteiger partial charge in [-0.05, 0) is 36.8 Å². The van der Waals surface area contributed by atoms with Crippen LogP contribution < -0.4 is 5.32 Å². The van der Waals surface area contributed by atoms with Crippen LogP contribution in [0.3, 0.4) is 0 Å². The van der Waals surface area contributed by atoms with E-state index in [-0.39, 0.29) is 0 Å². The molecule has 0 radical (unpaired) electrons. The smallest absolute Gasteiger partial charge is 0.243 e. The highest BCUT2D eigenvalue weighted by Crippen LogP contribution is 2.51. The molecule has 1 aliphatic carbocycles. The first-order chi connectivity index (χ1) is 8.06. The minimum absolute atomic E-state index is 0.502. The summed E-state index contributed by atoms with van der Waals surface area (Å²) in [5.74, 6) is 1.50. The van der Waals surface area contributed by atoms with Crippen LogP contribution in [0.1, 0.15) is 26.0 Å². The average molecular weight is 230 g/mol. The fraction of sp³-hybridized carbons (Fsp3) is 0.538. The number of aryl methyl sites for hydroxylation is 1. The molecule has 17 heavy (non-hydrogen) atoms. The van der Waals surface area contributed by atoms with Gasteiger partial charge >= 0.3 is 0 Å². The lowest BCUT2D eigenvalue weighted by molar-refractivity contribution is 0.572. The summed E-state index contributed by atoms with van der Waals surface area (Å²) in [4.78, 5) is 4.46. The molecule has 1 aliphatic rings. The molecule has 1 atom stereocenters. The van der Waals surface area contributed by atoms with E-state index in [1.165, 1.54) is 6.42 Å². The molecule has 0 saturated heterocycles. The van der Waals surface area contributed by atoms with Gasteiger partial charge in [0.2, 0.25) is 5.95 Å². The number of pyridine rings is 1. The van der Waals surface area contributed by atoms with E-state index in [1.807, 2.05) is 29.6 Å². The molecule has 1 fully saturated rings. The third-order valence-corrected chi connectivity index (χ3v) is 3.77. The van der Waals surface area contributed by atoms with Gasteiger partial charge < -0.3 is 5.32 Å². The molecule has 3 rings (SSSR count). The second-order valence-corrected chi connectivity index (χ2v) is 5.64. The maximum absolute atomic E-state index is 4.46. The Morgan fingerprint density at radius 1 is 1.47 bits per heavy atom. The third-order valence-electron chi connectivity index (χ3n) is 3.77. The largest absolute Gasteiger partial charge is 0.353 e. The van der Waals surface area contributed by atoms with Gasteiger partial charge in [-0.15, -0.1) is 5.10 Å². The highest BCUT2D eigenvalue weighted by Gasteiger charge is 2.45. The van der Waals surface area contributed by atoms with E-state index in [1.54, 1.807) is 0 Å². The SMILES string of the molecule is Cc1cccc2nc(NCC3CC3(C)C)nn12. The van der Waals surface area contributed by atoms with E-state index < -0.39 is 0 Å². The van der Waals surface area contributed by atoms with E-state index in [9.17, 15) is 0 Å². The minimum atomic E-state index is 0.502. The number of rotatable bonds is 3. The summed E-state index contributed by atoms with van der Waals surface area (Å²) in [6, 6.07) is 6.02. The average Bonchev–Trinajstić information content (AvgIpc) is 2.73. The first-order valence-corrected chi connectivity index (χ1v) is 6.12. The number of nitrogens with zero attached hydrogens (tertiary/aromatic N) is 3. The first-order valence-electron chi connectivity index (χ1n) is 6.12. The Balaban J connectivity index is 1.76. The number of anilines is 1. The van der Waals surface area contributed by atoms with Crippen molar-refractivity contribution in [1.29, 1.82) is 0 Å². The van der Waals surface area contributed by atoms with Gasteiger partial charge in [0.1, 0.15) is 0 Å². The van der Waals surface area contributed by atoms with E-state index in [0.717, 1.165) is 29.8 Å². The summed E-state index contributed by atoms with van der Waals surface area (Å²) in [6.07, 6.45) is 1.30. The summed E-state index contributed by atoms with van der Waals surface area (Å²) in [7, 11) is 0. The quantitative estimate of drug-likeness (QED) is 0.881. The number of hydrogen-bond acceptors (Lipinski definition) is 3. The molecule has 0 bridgehead atoms. The fourth-order valence-corrected chi connectivity index (χ4v) is 2.25. The first kappa shape index (κ1) is 10.6. The maximum atomic E-state index is 4.46. The zero-order valence-electron chi connectivity index (χ0n) is 10.6. The molecule has 4 heteroatoms. The van der Waals surface area contributed by atoms with Gasteiger partial charge in [0.15, 0.2) is 5.65 Å². The minimum Gasteiger partial charge on any atom is -0.353 e. The Labute approximate surface area is 101 Å². The van der Waals surface area contributed by atoms with Crippen molar-refractivity contribution in [2.75, 3.05) is 11.9 Å².